The molecule has 0 saturated heterocycles. The average molecular weight is 187 g/mol. The molecule has 1 fully saturated rings. The molecule has 0 bridgehead atoms. The molecule has 0 aliphatic heterocycles. The summed E-state index contributed by atoms with van der Waals surface area (Å²) in [7, 11) is 0. The molecule has 1 aliphatic carbocycles. The van der Waals surface area contributed by atoms with Crippen LogP contribution in [0.5, 0.6) is 0 Å². The molecule has 0 spiro atoms. The summed E-state index contributed by atoms with van der Waals surface area (Å²) < 4.78 is 5.22. The SMILES string of the molecule is CCOCCCNCC1(CO)CC1. The summed E-state index contributed by atoms with van der Waals surface area (Å²) in [6.45, 7) is 5.97. The molecule has 3 nitrogen and oxygen atoms in total. The van der Waals surface area contributed by atoms with Gasteiger partial charge in [-0.25, -0.2) is 0 Å². The Hall–Kier alpha value is -0.120. The van der Waals surface area contributed by atoms with E-state index in [1.165, 1.54) is 12.8 Å². The maximum absolute atomic E-state index is 9.03. The molecule has 3 heteroatoms. The third-order valence-electron chi connectivity index (χ3n) is 2.64. The quantitative estimate of drug-likeness (QED) is 0.552. The predicted molar refractivity (Wildman–Crippen MR) is 52.7 cm³/mol. The largest absolute Gasteiger partial charge is 0.396 e. The minimum absolute atomic E-state index is 0.242. The van der Waals surface area contributed by atoms with Crippen LogP contribution in [0.15, 0.2) is 0 Å². The second kappa shape index (κ2) is 5.58. The molecule has 1 aliphatic rings. The molecule has 78 valence electrons. The summed E-state index contributed by atoms with van der Waals surface area (Å²) >= 11 is 0. The monoisotopic (exact) mass is 187 g/mol. The van der Waals surface area contributed by atoms with Crippen molar-refractivity contribution in [2.45, 2.75) is 26.2 Å². The first-order valence-corrected chi connectivity index (χ1v) is 5.22. The first kappa shape index (κ1) is 11.0. The standard InChI is InChI=1S/C10H21NO2/c1-2-13-7-3-6-11-8-10(9-12)4-5-10/h11-12H,2-9H2,1H3. The van der Waals surface area contributed by atoms with Crippen molar-refractivity contribution in [3.05, 3.63) is 0 Å². The van der Waals surface area contributed by atoms with Gasteiger partial charge in [0.2, 0.25) is 0 Å². The second-order valence-corrected chi connectivity index (χ2v) is 3.89. The highest BCUT2D eigenvalue weighted by Gasteiger charge is 2.41. The van der Waals surface area contributed by atoms with Crippen molar-refractivity contribution < 1.29 is 9.84 Å². The highest BCUT2D eigenvalue weighted by atomic mass is 16.5. The van der Waals surface area contributed by atoms with E-state index in [9.17, 15) is 0 Å². The molecule has 0 atom stereocenters. The van der Waals surface area contributed by atoms with Crippen LogP contribution >= 0.6 is 0 Å². The topological polar surface area (TPSA) is 41.5 Å². The summed E-state index contributed by atoms with van der Waals surface area (Å²) in [6, 6.07) is 0. The van der Waals surface area contributed by atoms with Crippen LogP contribution in [0.4, 0.5) is 0 Å². The minimum Gasteiger partial charge on any atom is -0.396 e. The van der Waals surface area contributed by atoms with Crippen LogP contribution in [-0.4, -0.2) is 38.0 Å². The van der Waals surface area contributed by atoms with Crippen LogP contribution in [0.1, 0.15) is 26.2 Å². The molecule has 0 unspecified atom stereocenters. The maximum atomic E-state index is 9.03. The van der Waals surface area contributed by atoms with Gasteiger partial charge in [-0.3, -0.25) is 0 Å². The van der Waals surface area contributed by atoms with Crippen molar-refractivity contribution in [3.8, 4) is 0 Å². The van der Waals surface area contributed by atoms with Gasteiger partial charge in [-0.1, -0.05) is 0 Å². The molecule has 0 heterocycles. The lowest BCUT2D eigenvalue weighted by molar-refractivity contribution is 0.143. The van der Waals surface area contributed by atoms with Crippen molar-refractivity contribution in [1.82, 2.24) is 5.32 Å². The van der Waals surface area contributed by atoms with E-state index >= 15 is 0 Å². The van der Waals surface area contributed by atoms with Crippen LogP contribution in [0.2, 0.25) is 0 Å². The number of hydrogen-bond donors (Lipinski definition) is 2. The number of nitrogens with one attached hydrogen (secondary N) is 1. The van der Waals surface area contributed by atoms with E-state index in [1.807, 2.05) is 6.92 Å². The van der Waals surface area contributed by atoms with Gasteiger partial charge in [0.25, 0.3) is 0 Å². The third-order valence-corrected chi connectivity index (χ3v) is 2.64. The van der Waals surface area contributed by atoms with Crippen molar-refractivity contribution in [2.24, 2.45) is 5.41 Å². The third kappa shape index (κ3) is 4.07. The van der Waals surface area contributed by atoms with Gasteiger partial charge in [0.15, 0.2) is 0 Å². The van der Waals surface area contributed by atoms with Crippen LogP contribution < -0.4 is 5.32 Å². The molecular formula is C10H21NO2. The van der Waals surface area contributed by atoms with Crippen molar-refractivity contribution >= 4 is 0 Å². The maximum Gasteiger partial charge on any atom is 0.0499 e. The van der Waals surface area contributed by atoms with E-state index < -0.39 is 0 Å². The molecule has 1 saturated carbocycles. The van der Waals surface area contributed by atoms with Gasteiger partial charge in [-0.05, 0) is 32.7 Å². The highest BCUT2D eigenvalue weighted by molar-refractivity contribution is 4.94. The lowest BCUT2D eigenvalue weighted by Crippen LogP contribution is -2.27. The second-order valence-electron chi connectivity index (χ2n) is 3.89. The number of rotatable bonds is 8. The van der Waals surface area contributed by atoms with Gasteiger partial charge >= 0.3 is 0 Å². The summed E-state index contributed by atoms with van der Waals surface area (Å²) in [5.41, 5.74) is 0.242. The summed E-state index contributed by atoms with van der Waals surface area (Å²) in [6.07, 6.45) is 3.43. The average Bonchev–Trinajstić information content (AvgIpc) is 2.92. The number of hydrogen-bond acceptors (Lipinski definition) is 3. The van der Waals surface area contributed by atoms with Gasteiger partial charge in [0, 0.05) is 31.8 Å². The van der Waals surface area contributed by atoms with Crippen molar-refractivity contribution in [1.29, 1.82) is 0 Å². The zero-order valence-corrected chi connectivity index (χ0v) is 8.51. The Morgan fingerprint density at radius 3 is 2.77 bits per heavy atom. The van der Waals surface area contributed by atoms with Crippen molar-refractivity contribution in [3.63, 3.8) is 0 Å². The Bertz CT molecular complexity index is 135. The molecular weight excluding hydrogens is 166 g/mol. The Labute approximate surface area is 80.5 Å². The summed E-state index contributed by atoms with van der Waals surface area (Å²) in [4.78, 5) is 0. The highest BCUT2D eigenvalue weighted by Crippen LogP contribution is 2.44. The van der Waals surface area contributed by atoms with Crippen molar-refractivity contribution in [2.75, 3.05) is 32.9 Å². The Balaban J connectivity index is 1.84. The van der Waals surface area contributed by atoms with Gasteiger partial charge in [0.1, 0.15) is 0 Å². The lowest BCUT2D eigenvalue weighted by atomic mass is 10.1. The summed E-state index contributed by atoms with van der Waals surface area (Å²) in [5, 5.41) is 12.4. The molecule has 0 aromatic carbocycles. The van der Waals surface area contributed by atoms with Gasteiger partial charge in [-0.2, -0.15) is 0 Å². The van der Waals surface area contributed by atoms with Crippen LogP contribution in [0.3, 0.4) is 0 Å². The molecule has 13 heavy (non-hydrogen) atoms. The normalized spacial score (nSPS) is 18.9. The number of aliphatic hydroxyl groups is 1. The first-order chi connectivity index (χ1) is 6.33. The first-order valence-electron chi connectivity index (χ1n) is 5.22. The van der Waals surface area contributed by atoms with Crippen LogP contribution in [-0.2, 0) is 4.74 Å². The van der Waals surface area contributed by atoms with E-state index in [0.717, 1.165) is 32.7 Å². The fourth-order valence-electron chi connectivity index (χ4n) is 1.36. The van der Waals surface area contributed by atoms with E-state index in [-0.39, 0.29) is 5.41 Å². The molecule has 0 radical (unpaired) electrons. The van der Waals surface area contributed by atoms with E-state index in [4.69, 9.17) is 9.84 Å². The molecule has 0 amide bonds. The van der Waals surface area contributed by atoms with Crippen LogP contribution in [0, 0.1) is 5.41 Å². The minimum atomic E-state index is 0.242. The Morgan fingerprint density at radius 1 is 1.46 bits per heavy atom. The van der Waals surface area contributed by atoms with Gasteiger partial charge < -0.3 is 15.2 Å². The zero-order valence-electron chi connectivity index (χ0n) is 8.51. The van der Waals surface area contributed by atoms with E-state index in [0.29, 0.717) is 6.61 Å². The summed E-state index contributed by atoms with van der Waals surface area (Å²) in [5.74, 6) is 0. The fourth-order valence-corrected chi connectivity index (χ4v) is 1.36. The molecule has 2 N–H and O–H groups in total. The van der Waals surface area contributed by atoms with Crippen LogP contribution in [0.25, 0.3) is 0 Å². The Morgan fingerprint density at radius 2 is 2.23 bits per heavy atom. The smallest absolute Gasteiger partial charge is 0.0499 e. The number of ether oxygens (including phenoxy) is 1. The van der Waals surface area contributed by atoms with E-state index in [1.54, 1.807) is 0 Å². The zero-order chi connectivity index (χ0) is 9.57. The lowest BCUT2D eigenvalue weighted by Gasteiger charge is -2.12. The predicted octanol–water partition coefficient (Wildman–Crippen LogP) is 0.775. The van der Waals surface area contributed by atoms with Gasteiger partial charge in [0.05, 0.1) is 0 Å². The van der Waals surface area contributed by atoms with E-state index in [2.05, 4.69) is 5.32 Å². The molecule has 0 aromatic heterocycles. The molecule has 0 aromatic rings. The Kier molecular flexibility index (Phi) is 4.70. The fraction of sp³-hybridized carbons (Fsp3) is 1.00. The number of aliphatic hydroxyl groups excluding tert-OH is 1. The molecule has 1 rings (SSSR count). The van der Waals surface area contributed by atoms with Gasteiger partial charge in [-0.15, -0.1) is 0 Å².